The number of nitrogens with zero attached hydrogens (tertiary/aromatic N) is 1. The molecule has 1 heterocycles. The molecule has 0 aliphatic carbocycles. The highest BCUT2D eigenvalue weighted by Gasteiger charge is 2.31. The minimum Gasteiger partial charge on any atom is -0.384 e. The second-order valence-corrected chi connectivity index (χ2v) is 4.02. The molecule has 0 aromatic carbocycles. The Kier molecular flexibility index (Phi) is 4.35. The van der Waals surface area contributed by atoms with E-state index in [2.05, 4.69) is 12.2 Å². The summed E-state index contributed by atoms with van der Waals surface area (Å²) in [5, 5.41) is 2.88. The topological polar surface area (TPSA) is 41.6 Å². The van der Waals surface area contributed by atoms with E-state index < -0.39 is 0 Å². The van der Waals surface area contributed by atoms with Crippen molar-refractivity contribution in [1.29, 1.82) is 0 Å². The lowest BCUT2D eigenvalue weighted by molar-refractivity contribution is -0.129. The van der Waals surface area contributed by atoms with E-state index >= 15 is 0 Å². The van der Waals surface area contributed by atoms with Crippen LogP contribution in [0.2, 0.25) is 0 Å². The molecule has 4 heteroatoms. The standard InChI is InChI=1S/C10H20N2O2/c1-8-5-12(10(13)4-11-2)6-9(8)7-14-3/h8-9,11H,4-7H2,1-3H3/t8-,9-/m0/s1. The number of hydrogen-bond donors (Lipinski definition) is 1. The van der Waals surface area contributed by atoms with Crippen LogP contribution in [0.15, 0.2) is 0 Å². The predicted octanol–water partition coefficient (Wildman–Crippen LogP) is -0.0533. The summed E-state index contributed by atoms with van der Waals surface area (Å²) < 4.78 is 5.13. The molecule has 0 spiro atoms. The number of nitrogens with one attached hydrogen (secondary N) is 1. The highest BCUT2D eigenvalue weighted by atomic mass is 16.5. The molecule has 0 aromatic rings. The number of likely N-dealkylation sites (N-methyl/N-ethyl adjacent to an activating group) is 1. The third-order valence-electron chi connectivity index (χ3n) is 2.83. The van der Waals surface area contributed by atoms with Gasteiger partial charge in [0.1, 0.15) is 0 Å². The van der Waals surface area contributed by atoms with Crippen molar-refractivity contribution < 1.29 is 9.53 Å². The van der Waals surface area contributed by atoms with E-state index in [4.69, 9.17) is 4.74 Å². The normalized spacial score (nSPS) is 26.9. The smallest absolute Gasteiger partial charge is 0.236 e. The van der Waals surface area contributed by atoms with Gasteiger partial charge < -0.3 is 15.0 Å². The maximum Gasteiger partial charge on any atom is 0.236 e. The number of carbonyl (C=O) groups is 1. The van der Waals surface area contributed by atoms with Crippen molar-refractivity contribution in [2.75, 3.05) is 40.4 Å². The average Bonchev–Trinajstić information content (AvgIpc) is 2.49. The van der Waals surface area contributed by atoms with Crippen molar-refractivity contribution in [3.63, 3.8) is 0 Å². The van der Waals surface area contributed by atoms with Gasteiger partial charge in [0.2, 0.25) is 5.91 Å². The molecule has 0 aromatic heterocycles. The fourth-order valence-electron chi connectivity index (χ4n) is 1.93. The molecule has 4 nitrogen and oxygen atoms in total. The van der Waals surface area contributed by atoms with Crippen LogP contribution in [-0.2, 0) is 9.53 Å². The molecule has 1 saturated heterocycles. The van der Waals surface area contributed by atoms with Crippen LogP contribution in [0.3, 0.4) is 0 Å². The summed E-state index contributed by atoms with van der Waals surface area (Å²) in [6.07, 6.45) is 0. The van der Waals surface area contributed by atoms with Gasteiger partial charge in [0.05, 0.1) is 13.2 Å². The van der Waals surface area contributed by atoms with Crippen molar-refractivity contribution in [3.05, 3.63) is 0 Å². The molecule has 1 aliphatic heterocycles. The molecule has 1 rings (SSSR count). The molecule has 0 saturated carbocycles. The van der Waals surface area contributed by atoms with Gasteiger partial charge in [-0.1, -0.05) is 6.92 Å². The van der Waals surface area contributed by atoms with Crippen LogP contribution in [0.25, 0.3) is 0 Å². The highest BCUT2D eigenvalue weighted by molar-refractivity contribution is 5.78. The largest absolute Gasteiger partial charge is 0.384 e. The summed E-state index contributed by atoms with van der Waals surface area (Å²) in [4.78, 5) is 13.5. The Bertz CT molecular complexity index is 197. The Hall–Kier alpha value is -0.610. The second kappa shape index (κ2) is 5.32. The Balaban J connectivity index is 2.41. The minimum absolute atomic E-state index is 0.193. The van der Waals surface area contributed by atoms with E-state index in [1.54, 1.807) is 14.2 Å². The van der Waals surface area contributed by atoms with Gasteiger partial charge in [-0.25, -0.2) is 0 Å². The second-order valence-electron chi connectivity index (χ2n) is 4.02. The van der Waals surface area contributed by atoms with E-state index in [-0.39, 0.29) is 5.91 Å². The predicted molar refractivity (Wildman–Crippen MR) is 55.0 cm³/mol. The van der Waals surface area contributed by atoms with Crippen molar-refractivity contribution in [1.82, 2.24) is 10.2 Å². The molecular weight excluding hydrogens is 180 g/mol. The van der Waals surface area contributed by atoms with Crippen LogP contribution >= 0.6 is 0 Å². The van der Waals surface area contributed by atoms with Gasteiger partial charge in [-0.05, 0) is 13.0 Å². The van der Waals surface area contributed by atoms with Gasteiger partial charge in [-0.15, -0.1) is 0 Å². The summed E-state index contributed by atoms with van der Waals surface area (Å²) >= 11 is 0. The van der Waals surface area contributed by atoms with Crippen LogP contribution in [0.4, 0.5) is 0 Å². The summed E-state index contributed by atoms with van der Waals surface area (Å²) in [6.45, 7) is 5.08. The number of ether oxygens (including phenoxy) is 1. The minimum atomic E-state index is 0.193. The Morgan fingerprint density at radius 1 is 1.57 bits per heavy atom. The van der Waals surface area contributed by atoms with Crippen molar-refractivity contribution in [2.45, 2.75) is 6.92 Å². The molecule has 1 aliphatic rings. The zero-order chi connectivity index (χ0) is 10.6. The first-order chi connectivity index (χ1) is 6.69. The van der Waals surface area contributed by atoms with E-state index in [1.165, 1.54) is 0 Å². The Labute approximate surface area is 85.6 Å². The first-order valence-corrected chi connectivity index (χ1v) is 5.10. The maximum absolute atomic E-state index is 11.6. The average molecular weight is 200 g/mol. The molecule has 1 N–H and O–H groups in total. The molecular formula is C10H20N2O2. The summed E-state index contributed by atoms with van der Waals surface area (Å²) in [5.74, 6) is 1.24. The van der Waals surface area contributed by atoms with Gasteiger partial charge in [0, 0.05) is 26.1 Å². The van der Waals surface area contributed by atoms with E-state index in [0.29, 0.717) is 18.4 Å². The monoisotopic (exact) mass is 200 g/mol. The van der Waals surface area contributed by atoms with E-state index in [1.807, 2.05) is 4.90 Å². The highest BCUT2D eigenvalue weighted by Crippen LogP contribution is 2.22. The maximum atomic E-state index is 11.6. The van der Waals surface area contributed by atoms with Crippen molar-refractivity contribution in [3.8, 4) is 0 Å². The van der Waals surface area contributed by atoms with Crippen molar-refractivity contribution >= 4 is 5.91 Å². The lowest BCUT2D eigenvalue weighted by atomic mass is 10.00. The zero-order valence-electron chi connectivity index (χ0n) is 9.25. The Morgan fingerprint density at radius 2 is 2.29 bits per heavy atom. The third-order valence-corrected chi connectivity index (χ3v) is 2.83. The number of hydrogen-bond acceptors (Lipinski definition) is 3. The molecule has 2 atom stereocenters. The van der Waals surface area contributed by atoms with Crippen LogP contribution < -0.4 is 5.32 Å². The molecule has 0 unspecified atom stereocenters. The van der Waals surface area contributed by atoms with Crippen LogP contribution in [-0.4, -0.2) is 51.2 Å². The van der Waals surface area contributed by atoms with Gasteiger partial charge in [-0.2, -0.15) is 0 Å². The van der Waals surface area contributed by atoms with Gasteiger partial charge in [-0.3, -0.25) is 4.79 Å². The van der Waals surface area contributed by atoms with Gasteiger partial charge >= 0.3 is 0 Å². The number of likely N-dealkylation sites (tertiary alicyclic amines) is 1. The van der Waals surface area contributed by atoms with Crippen LogP contribution in [0.1, 0.15) is 6.92 Å². The van der Waals surface area contributed by atoms with Crippen molar-refractivity contribution in [2.24, 2.45) is 11.8 Å². The summed E-state index contributed by atoms with van der Waals surface area (Å²) in [5.41, 5.74) is 0. The lowest BCUT2D eigenvalue weighted by Gasteiger charge is -2.15. The molecule has 1 fully saturated rings. The quantitative estimate of drug-likeness (QED) is 0.691. The van der Waals surface area contributed by atoms with Gasteiger partial charge in [0.25, 0.3) is 0 Å². The molecule has 82 valence electrons. The molecule has 0 radical (unpaired) electrons. The number of amides is 1. The zero-order valence-corrected chi connectivity index (χ0v) is 9.25. The van der Waals surface area contributed by atoms with Crippen LogP contribution in [0, 0.1) is 11.8 Å². The molecule has 14 heavy (non-hydrogen) atoms. The fraction of sp³-hybridized carbons (Fsp3) is 0.900. The first-order valence-electron chi connectivity index (χ1n) is 5.10. The lowest BCUT2D eigenvalue weighted by Crippen LogP contribution is -2.35. The fourth-order valence-corrected chi connectivity index (χ4v) is 1.93. The molecule has 0 bridgehead atoms. The molecule has 1 amide bonds. The summed E-state index contributed by atoms with van der Waals surface area (Å²) in [7, 11) is 3.51. The number of methoxy groups -OCH3 is 1. The van der Waals surface area contributed by atoms with Gasteiger partial charge in [0.15, 0.2) is 0 Å². The summed E-state index contributed by atoms with van der Waals surface area (Å²) in [6, 6.07) is 0. The van der Waals surface area contributed by atoms with Crippen LogP contribution in [0.5, 0.6) is 0 Å². The number of rotatable bonds is 4. The number of carbonyl (C=O) groups excluding carboxylic acids is 1. The SMILES string of the molecule is CNCC(=O)N1C[C@@H](COC)[C@@H](C)C1. The van der Waals surface area contributed by atoms with E-state index in [9.17, 15) is 4.79 Å². The Morgan fingerprint density at radius 3 is 2.86 bits per heavy atom. The first kappa shape index (κ1) is 11.5. The van der Waals surface area contributed by atoms with E-state index in [0.717, 1.165) is 19.7 Å². The third kappa shape index (κ3) is 2.69.